The van der Waals surface area contributed by atoms with E-state index in [2.05, 4.69) is 15.3 Å². The molecule has 0 atom stereocenters. The van der Waals surface area contributed by atoms with Gasteiger partial charge in [0.15, 0.2) is 11.5 Å². The number of aromatic nitrogens is 4. The molecule has 6 heteroatoms. The lowest BCUT2D eigenvalue weighted by molar-refractivity contribution is -0.148. The van der Waals surface area contributed by atoms with Gasteiger partial charge < -0.3 is 5.11 Å². The van der Waals surface area contributed by atoms with Crippen LogP contribution < -0.4 is 0 Å². The van der Waals surface area contributed by atoms with Gasteiger partial charge in [0.05, 0.1) is 5.41 Å². The summed E-state index contributed by atoms with van der Waals surface area (Å²) in [6, 6.07) is 3.60. The number of hydrogen-bond donors (Lipinski definition) is 1. The number of aliphatic carboxylic acids is 1. The molecular weight excluding hydrogens is 232 g/mol. The van der Waals surface area contributed by atoms with Crippen LogP contribution in [0.3, 0.4) is 0 Å². The second kappa shape index (κ2) is 4.04. The smallest absolute Gasteiger partial charge is 0.310 e. The zero-order valence-corrected chi connectivity index (χ0v) is 9.91. The third-order valence-corrected chi connectivity index (χ3v) is 3.75. The number of fused-ring (bicyclic) bond motifs is 1. The van der Waals surface area contributed by atoms with Crippen LogP contribution in [0.2, 0.25) is 0 Å². The second-order valence-electron chi connectivity index (χ2n) is 4.88. The van der Waals surface area contributed by atoms with Crippen LogP contribution >= 0.6 is 0 Å². The normalized spacial score (nSPS) is 18.2. The van der Waals surface area contributed by atoms with E-state index >= 15 is 0 Å². The van der Waals surface area contributed by atoms with Crippen LogP contribution in [0.4, 0.5) is 0 Å². The van der Waals surface area contributed by atoms with Crippen LogP contribution in [0.15, 0.2) is 18.3 Å². The lowest BCUT2D eigenvalue weighted by atomic mass is 9.82. The molecule has 0 saturated heterocycles. The summed E-state index contributed by atoms with van der Waals surface area (Å²) < 4.78 is 1.63. The summed E-state index contributed by atoms with van der Waals surface area (Å²) in [5.74, 6) is -0.0948. The molecule has 0 amide bonds. The Bertz CT molecular complexity index is 587. The zero-order chi connectivity index (χ0) is 12.6. The first-order valence-corrected chi connectivity index (χ1v) is 6.10. The third-order valence-electron chi connectivity index (χ3n) is 3.75. The average molecular weight is 246 g/mol. The standard InChI is InChI=1S/C12H14N4O2/c17-11(18)12(5-1-2-6-12)8-10-15-14-9-4-3-7-13-16(9)10/h3-4,7H,1-2,5-6,8H2,(H,17,18). The van der Waals surface area contributed by atoms with E-state index in [1.165, 1.54) is 0 Å². The van der Waals surface area contributed by atoms with Crippen LogP contribution in [0, 0.1) is 5.41 Å². The monoisotopic (exact) mass is 246 g/mol. The Labute approximate surface area is 104 Å². The molecular formula is C12H14N4O2. The molecule has 1 fully saturated rings. The van der Waals surface area contributed by atoms with E-state index in [-0.39, 0.29) is 0 Å². The molecule has 94 valence electrons. The van der Waals surface area contributed by atoms with E-state index < -0.39 is 11.4 Å². The maximum atomic E-state index is 11.5. The summed E-state index contributed by atoms with van der Waals surface area (Å²) in [7, 11) is 0. The van der Waals surface area contributed by atoms with Crippen molar-refractivity contribution in [3.63, 3.8) is 0 Å². The average Bonchev–Trinajstić information content (AvgIpc) is 2.99. The van der Waals surface area contributed by atoms with Crippen molar-refractivity contribution in [2.45, 2.75) is 32.1 Å². The molecule has 0 radical (unpaired) electrons. The van der Waals surface area contributed by atoms with Crippen LogP contribution in [0.25, 0.3) is 5.65 Å². The van der Waals surface area contributed by atoms with Gasteiger partial charge in [0, 0.05) is 12.6 Å². The summed E-state index contributed by atoms with van der Waals surface area (Å²) in [6.07, 6.45) is 5.42. The molecule has 0 spiro atoms. The molecule has 1 N–H and O–H groups in total. The van der Waals surface area contributed by atoms with Crippen molar-refractivity contribution in [3.05, 3.63) is 24.2 Å². The zero-order valence-electron chi connectivity index (χ0n) is 9.91. The highest BCUT2D eigenvalue weighted by molar-refractivity contribution is 5.75. The molecule has 1 aliphatic carbocycles. The minimum Gasteiger partial charge on any atom is -0.481 e. The Morgan fingerprint density at radius 3 is 2.89 bits per heavy atom. The van der Waals surface area contributed by atoms with E-state index in [4.69, 9.17) is 0 Å². The first-order valence-electron chi connectivity index (χ1n) is 6.10. The number of carboxylic acid groups (broad SMARTS) is 1. The largest absolute Gasteiger partial charge is 0.481 e. The summed E-state index contributed by atoms with van der Waals surface area (Å²) >= 11 is 0. The first kappa shape index (κ1) is 11.1. The van der Waals surface area contributed by atoms with E-state index in [0.29, 0.717) is 30.7 Å². The first-order chi connectivity index (χ1) is 8.71. The summed E-state index contributed by atoms with van der Waals surface area (Å²) in [4.78, 5) is 11.5. The number of carbonyl (C=O) groups is 1. The van der Waals surface area contributed by atoms with Crippen LogP contribution in [-0.4, -0.2) is 30.9 Å². The summed E-state index contributed by atoms with van der Waals surface area (Å²) in [5, 5.41) is 21.7. The van der Waals surface area contributed by atoms with Crippen LogP contribution in [0.5, 0.6) is 0 Å². The minimum atomic E-state index is -0.729. The Morgan fingerprint density at radius 1 is 1.39 bits per heavy atom. The minimum absolute atomic E-state index is 0.403. The molecule has 2 heterocycles. The van der Waals surface area contributed by atoms with Crippen molar-refractivity contribution in [1.29, 1.82) is 0 Å². The fourth-order valence-electron chi connectivity index (χ4n) is 2.72. The fourth-order valence-corrected chi connectivity index (χ4v) is 2.72. The second-order valence-corrected chi connectivity index (χ2v) is 4.88. The van der Waals surface area contributed by atoms with Gasteiger partial charge >= 0.3 is 5.97 Å². The van der Waals surface area contributed by atoms with Crippen molar-refractivity contribution in [2.75, 3.05) is 0 Å². The van der Waals surface area contributed by atoms with Gasteiger partial charge in [0.1, 0.15) is 0 Å². The van der Waals surface area contributed by atoms with Gasteiger partial charge in [-0.05, 0) is 25.0 Å². The van der Waals surface area contributed by atoms with E-state index in [1.807, 2.05) is 6.07 Å². The Balaban J connectivity index is 1.98. The highest BCUT2D eigenvalue weighted by Crippen LogP contribution is 2.40. The van der Waals surface area contributed by atoms with Gasteiger partial charge in [-0.15, -0.1) is 10.2 Å². The van der Waals surface area contributed by atoms with Gasteiger partial charge in [-0.25, -0.2) is 0 Å². The van der Waals surface area contributed by atoms with Crippen molar-refractivity contribution in [1.82, 2.24) is 19.8 Å². The van der Waals surface area contributed by atoms with Gasteiger partial charge in [0.2, 0.25) is 0 Å². The lowest BCUT2D eigenvalue weighted by Crippen LogP contribution is -2.31. The Hall–Kier alpha value is -1.98. The van der Waals surface area contributed by atoms with E-state index in [9.17, 15) is 9.90 Å². The maximum Gasteiger partial charge on any atom is 0.310 e. The van der Waals surface area contributed by atoms with Gasteiger partial charge in [-0.1, -0.05) is 12.8 Å². The third kappa shape index (κ3) is 1.64. The molecule has 6 nitrogen and oxygen atoms in total. The highest BCUT2D eigenvalue weighted by Gasteiger charge is 2.42. The predicted molar refractivity (Wildman–Crippen MR) is 63.0 cm³/mol. The molecule has 1 saturated carbocycles. The maximum absolute atomic E-state index is 11.5. The molecule has 18 heavy (non-hydrogen) atoms. The molecule has 3 rings (SSSR count). The Morgan fingerprint density at radius 2 is 2.17 bits per heavy atom. The molecule has 2 aromatic heterocycles. The van der Waals surface area contributed by atoms with Gasteiger partial charge in [-0.2, -0.15) is 9.61 Å². The van der Waals surface area contributed by atoms with E-state index in [1.54, 1.807) is 16.8 Å². The molecule has 1 aliphatic rings. The predicted octanol–water partition coefficient (Wildman–Crippen LogP) is 1.31. The van der Waals surface area contributed by atoms with Crippen molar-refractivity contribution in [2.24, 2.45) is 5.41 Å². The van der Waals surface area contributed by atoms with Gasteiger partial charge in [-0.3, -0.25) is 4.79 Å². The van der Waals surface area contributed by atoms with Crippen molar-refractivity contribution in [3.8, 4) is 0 Å². The summed E-state index contributed by atoms with van der Waals surface area (Å²) in [6.45, 7) is 0. The number of hydrogen-bond acceptors (Lipinski definition) is 4. The highest BCUT2D eigenvalue weighted by atomic mass is 16.4. The molecule has 2 aromatic rings. The molecule has 0 unspecified atom stereocenters. The topological polar surface area (TPSA) is 80.4 Å². The summed E-state index contributed by atoms with van der Waals surface area (Å²) in [5.41, 5.74) is -0.0217. The van der Waals surface area contributed by atoms with E-state index in [0.717, 1.165) is 12.8 Å². The quantitative estimate of drug-likeness (QED) is 0.883. The molecule has 0 bridgehead atoms. The number of nitrogens with zero attached hydrogens (tertiary/aromatic N) is 4. The van der Waals surface area contributed by atoms with Crippen molar-refractivity contribution >= 4 is 11.6 Å². The fraction of sp³-hybridized carbons (Fsp3) is 0.500. The lowest BCUT2D eigenvalue weighted by Gasteiger charge is -2.22. The SMILES string of the molecule is O=C(O)C1(Cc2nnc3cccnn23)CCCC1. The number of carboxylic acids is 1. The van der Waals surface area contributed by atoms with Crippen LogP contribution in [0.1, 0.15) is 31.5 Å². The van der Waals surface area contributed by atoms with Gasteiger partial charge in [0.25, 0.3) is 0 Å². The molecule has 0 aliphatic heterocycles. The molecule has 0 aromatic carbocycles. The number of rotatable bonds is 3. The Kier molecular flexibility index (Phi) is 2.50. The van der Waals surface area contributed by atoms with Crippen LogP contribution in [-0.2, 0) is 11.2 Å². The van der Waals surface area contributed by atoms with Crippen molar-refractivity contribution < 1.29 is 9.90 Å².